The number of thiocarbonyl (C=S) groups is 1. The van der Waals surface area contributed by atoms with Gasteiger partial charge in [0.15, 0.2) is 5.11 Å². The molecule has 0 saturated carbocycles. The minimum atomic E-state index is -3.73. The molecule has 4 rings (SSSR count). The van der Waals surface area contributed by atoms with Crippen molar-refractivity contribution in [3.05, 3.63) is 89.5 Å². The molecule has 0 bridgehead atoms. The number of carbonyl (C=O) groups is 1. The predicted octanol–water partition coefficient (Wildman–Crippen LogP) is 3.91. The smallest absolute Gasteiger partial charge is 0.251 e. The van der Waals surface area contributed by atoms with E-state index in [2.05, 4.69) is 20.9 Å². The summed E-state index contributed by atoms with van der Waals surface area (Å²) in [6, 6.07) is 21.0. The topological polar surface area (TPSA) is 93.8 Å². The Hall–Kier alpha value is -3.31. The number of rotatable bonds is 7. The van der Waals surface area contributed by atoms with Gasteiger partial charge >= 0.3 is 0 Å². The van der Waals surface area contributed by atoms with Crippen molar-refractivity contribution in [1.29, 1.82) is 0 Å². The van der Waals surface area contributed by atoms with Gasteiger partial charge in [-0.25, -0.2) is 8.42 Å². The summed E-state index contributed by atoms with van der Waals surface area (Å²) in [6.07, 6.45) is 0. The predicted molar refractivity (Wildman–Crippen MR) is 156 cm³/mol. The number of nitrogens with one attached hydrogen (secondary N) is 3. The van der Waals surface area contributed by atoms with Gasteiger partial charge in [0.05, 0.1) is 5.69 Å². The summed E-state index contributed by atoms with van der Waals surface area (Å²) in [5, 5.41) is 9.30. The van der Waals surface area contributed by atoms with Gasteiger partial charge in [0.25, 0.3) is 5.91 Å². The first-order valence-corrected chi connectivity index (χ1v) is 14.3. The molecular formula is C28H33N5O3S2. The van der Waals surface area contributed by atoms with E-state index in [-0.39, 0.29) is 15.9 Å². The van der Waals surface area contributed by atoms with Crippen LogP contribution in [0, 0.1) is 13.8 Å². The van der Waals surface area contributed by atoms with Gasteiger partial charge in [0, 0.05) is 31.9 Å². The molecule has 38 heavy (non-hydrogen) atoms. The maximum atomic E-state index is 13.5. The van der Waals surface area contributed by atoms with Crippen LogP contribution in [0.15, 0.2) is 77.7 Å². The van der Waals surface area contributed by atoms with Gasteiger partial charge in [0.1, 0.15) is 10.9 Å². The molecule has 0 spiro atoms. The van der Waals surface area contributed by atoms with Crippen molar-refractivity contribution in [2.24, 2.45) is 0 Å². The molecule has 200 valence electrons. The molecule has 8 nitrogen and oxygen atoms in total. The summed E-state index contributed by atoms with van der Waals surface area (Å²) in [6.45, 7) is 6.07. The lowest BCUT2D eigenvalue weighted by atomic mass is 10.0. The third kappa shape index (κ3) is 6.39. The maximum Gasteiger partial charge on any atom is 0.251 e. The number of amides is 1. The fraction of sp³-hybridized carbons (Fsp3) is 0.286. The van der Waals surface area contributed by atoms with Crippen LogP contribution in [-0.4, -0.2) is 61.9 Å². The lowest BCUT2D eigenvalue weighted by Gasteiger charge is -2.32. The lowest BCUT2D eigenvalue weighted by molar-refractivity contribution is -0.117. The first-order chi connectivity index (χ1) is 18.2. The Bertz CT molecular complexity index is 1380. The zero-order valence-electron chi connectivity index (χ0n) is 21.8. The van der Waals surface area contributed by atoms with E-state index in [9.17, 15) is 13.2 Å². The van der Waals surface area contributed by atoms with Crippen molar-refractivity contribution in [2.45, 2.75) is 24.8 Å². The van der Waals surface area contributed by atoms with Gasteiger partial charge in [-0.1, -0.05) is 60.7 Å². The quantitative estimate of drug-likeness (QED) is 0.384. The van der Waals surface area contributed by atoms with Crippen LogP contribution in [-0.2, 0) is 14.8 Å². The molecule has 3 aromatic rings. The average Bonchev–Trinajstić information content (AvgIpc) is 2.90. The van der Waals surface area contributed by atoms with Crippen molar-refractivity contribution in [1.82, 2.24) is 14.5 Å². The van der Waals surface area contributed by atoms with Crippen LogP contribution in [0.5, 0.6) is 0 Å². The van der Waals surface area contributed by atoms with Crippen molar-refractivity contribution < 1.29 is 13.2 Å². The third-order valence-corrected chi connectivity index (χ3v) is 8.79. The van der Waals surface area contributed by atoms with E-state index in [1.807, 2.05) is 69.4 Å². The second-order valence-corrected chi connectivity index (χ2v) is 11.7. The van der Waals surface area contributed by atoms with Gasteiger partial charge in [-0.05, 0) is 61.9 Å². The molecule has 10 heteroatoms. The fourth-order valence-corrected chi connectivity index (χ4v) is 6.20. The zero-order chi connectivity index (χ0) is 27.3. The summed E-state index contributed by atoms with van der Waals surface area (Å²) < 4.78 is 28.4. The number of para-hydroxylation sites is 2. The van der Waals surface area contributed by atoms with Crippen molar-refractivity contribution in [3.63, 3.8) is 0 Å². The normalized spacial score (nSPS) is 15.4. The van der Waals surface area contributed by atoms with Crippen LogP contribution < -0.4 is 16.0 Å². The summed E-state index contributed by atoms with van der Waals surface area (Å²) in [5.74, 6) is -0.281. The van der Waals surface area contributed by atoms with Crippen molar-refractivity contribution in [3.8, 4) is 0 Å². The first kappa shape index (κ1) is 27.7. The van der Waals surface area contributed by atoms with Crippen LogP contribution in [0.4, 0.5) is 11.4 Å². The van der Waals surface area contributed by atoms with Crippen LogP contribution in [0.25, 0.3) is 0 Å². The van der Waals surface area contributed by atoms with E-state index < -0.39 is 16.1 Å². The molecule has 1 heterocycles. The van der Waals surface area contributed by atoms with Crippen molar-refractivity contribution >= 4 is 44.6 Å². The van der Waals surface area contributed by atoms with Gasteiger partial charge in [-0.3, -0.25) is 4.79 Å². The SMILES string of the molecule is Cc1cccc(C)c1NC(=O)C(NC(=S)Nc1ccccc1S(=O)(=O)N1CCN(C)CC1)c1ccccc1. The number of sulfonamides is 1. The standard InChI is InChI=1S/C28H33N5O3S2/c1-20-10-9-11-21(2)25(20)30-27(34)26(22-12-5-4-6-13-22)31-28(37)29-23-14-7-8-15-24(23)38(35,36)33-18-16-32(3)17-19-33/h4-15,26H,16-19H2,1-3H3,(H,30,34)(H2,29,31,37). The van der Waals surface area contributed by atoms with Crippen LogP contribution >= 0.6 is 12.2 Å². The summed E-state index contributed by atoms with van der Waals surface area (Å²) >= 11 is 5.58. The Morgan fingerprint density at radius 3 is 2.11 bits per heavy atom. The Morgan fingerprint density at radius 2 is 1.45 bits per heavy atom. The van der Waals surface area contributed by atoms with Gasteiger partial charge in [0.2, 0.25) is 10.0 Å². The van der Waals surface area contributed by atoms with E-state index >= 15 is 0 Å². The number of piperazine rings is 1. The molecule has 0 aliphatic carbocycles. The zero-order valence-corrected chi connectivity index (χ0v) is 23.4. The van der Waals surface area contributed by atoms with E-state index in [0.29, 0.717) is 31.9 Å². The average molecular weight is 552 g/mol. The molecule has 3 N–H and O–H groups in total. The highest BCUT2D eigenvalue weighted by Gasteiger charge is 2.30. The van der Waals surface area contributed by atoms with Gasteiger partial charge < -0.3 is 20.9 Å². The highest BCUT2D eigenvalue weighted by molar-refractivity contribution is 7.89. The summed E-state index contributed by atoms with van der Waals surface area (Å²) in [4.78, 5) is 15.7. The number of hydrogen-bond donors (Lipinski definition) is 3. The number of likely N-dealkylation sites (N-methyl/N-ethyl adjacent to an activating group) is 1. The minimum Gasteiger partial charge on any atom is -0.347 e. The number of aryl methyl sites for hydroxylation is 2. The van der Waals surface area contributed by atoms with Gasteiger partial charge in [-0.15, -0.1) is 0 Å². The number of benzene rings is 3. The van der Waals surface area contributed by atoms with Crippen molar-refractivity contribution in [2.75, 3.05) is 43.9 Å². The highest BCUT2D eigenvalue weighted by Crippen LogP contribution is 2.26. The molecule has 0 radical (unpaired) electrons. The Labute approximate surface area is 230 Å². The largest absolute Gasteiger partial charge is 0.347 e. The number of nitrogens with zero attached hydrogens (tertiary/aromatic N) is 2. The molecule has 1 atom stereocenters. The van der Waals surface area contributed by atoms with E-state index in [4.69, 9.17) is 12.2 Å². The van der Waals surface area contributed by atoms with Crippen LogP contribution in [0.3, 0.4) is 0 Å². The van der Waals surface area contributed by atoms with Crippen LogP contribution in [0.1, 0.15) is 22.7 Å². The second-order valence-electron chi connectivity index (χ2n) is 9.40. The highest BCUT2D eigenvalue weighted by atomic mass is 32.2. The van der Waals surface area contributed by atoms with Gasteiger partial charge in [-0.2, -0.15) is 4.31 Å². The molecule has 1 unspecified atom stereocenters. The fourth-order valence-electron chi connectivity index (χ4n) is 4.40. The first-order valence-electron chi connectivity index (χ1n) is 12.4. The maximum absolute atomic E-state index is 13.5. The molecule has 1 fully saturated rings. The molecule has 1 aliphatic rings. The summed E-state index contributed by atoms with van der Waals surface area (Å²) in [7, 11) is -1.76. The molecule has 1 saturated heterocycles. The molecule has 1 aliphatic heterocycles. The summed E-state index contributed by atoms with van der Waals surface area (Å²) in [5.41, 5.74) is 3.73. The molecular weight excluding hydrogens is 518 g/mol. The monoisotopic (exact) mass is 551 g/mol. The molecule has 3 aromatic carbocycles. The second kappa shape index (κ2) is 12.0. The number of carbonyl (C=O) groups excluding carboxylic acids is 1. The minimum absolute atomic E-state index is 0.136. The Kier molecular flexibility index (Phi) is 8.78. The molecule has 0 aromatic heterocycles. The van der Waals surface area contributed by atoms with E-state index in [1.165, 1.54) is 4.31 Å². The van der Waals surface area contributed by atoms with Crippen LogP contribution in [0.2, 0.25) is 0 Å². The number of anilines is 2. The lowest BCUT2D eigenvalue weighted by Crippen LogP contribution is -2.47. The van der Waals surface area contributed by atoms with E-state index in [1.54, 1.807) is 24.3 Å². The Balaban J connectivity index is 1.56. The molecule has 1 amide bonds. The number of hydrogen-bond acceptors (Lipinski definition) is 5. The van der Waals surface area contributed by atoms with E-state index in [0.717, 1.165) is 22.4 Å². The Morgan fingerprint density at radius 1 is 0.842 bits per heavy atom. The third-order valence-electron chi connectivity index (χ3n) is 6.62.